The van der Waals surface area contributed by atoms with Crippen LogP contribution in [-0.4, -0.2) is 34.3 Å². The molecule has 2 aromatic rings. The van der Waals surface area contributed by atoms with E-state index in [2.05, 4.69) is 5.32 Å². The summed E-state index contributed by atoms with van der Waals surface area (Å²) in [5, 5.41) is 2.85. The van der Waals surface area contributed by atoms with Crippen LogP contribution in [0.1, 0.15) is 24.1 Å². The van der Waals surface area contributed by atoms with Gasteiger partial charge in [-0.3, -0.25) is 4.79 Å². The zero-order valence-electron chi connectivity index (χ0n) is 16.1. The van der Waals surface area contributed by atoms with Crippen LogP contribution in [0, 0.1) is 5.82 Å². The summed E-state index contributed by atoms with van der Waals surface area (Å²) in [6, 6.07) is 7.68. The number of ether oxygens (including phenoxy) is 4. The van der Waals surface area contributed by atoms with Crippen molar-refractivity contribution in [1.82, 2.24) is 5.32 Å². The van der Waals surface area contributed by atoms with E-state index >= 15 is 0 Å². The van der Waals surface area contributed by atoms with Gasteiger partial charge in [0.25, 0.3) is 0 Å². The highest BCUT2D eigenvalue weighted by atomic mass is 19.1. The van der Waals surface area contributed by atoms with Crippen molar-refractivity contribution < 1.29 is 28.1 Å². The van der Waals surface area contributed by atoms with Crippen LogP contribution in [0.15, 0.2) is 30.3 Å². The third-order valence-corrected chi connectivity index (χ3v) is 4.14. The van der Waals surface area contributed by atoms with Gasteiger partial charge in [0.1, 0.15) is 0 Å². The Balaban J connectivity index is 2.12. The molecule has 7 heteroatoms. The summed E-state index contributed by atoms with van der Waals surface area (Å²) in [4.78, 5) is 12.4. The average molecular weight is 377 g/mol. The summed E-state index contributed by atoms with van der Waals surface area (Å²) in [6.45, 7) is 1.79. The van der Waals surface area contributed by atoms with E-state index in [4.69, 9.17) is 18.9 Å². The van der Waals surface area contributed by atoms with Crippen LogP contribution in [0.3, 0.4) is 0 Å². The Labute approximate surface area is 158 Å². The number of hydrogen-bond donors (Lipinski definition) is 1. The number of halogens is 1. The number of carbonyl (C=O) groups excluding carboxylic acids is 1. The van der Waals surface area contributed by atoms with E-state index in [1.54, 1.807) is 25.1 Å². The summed E-state index contributed by atoms with van der Waals surface area (Å²) < 4.78 is 34.6. The van der Waals surface area contributed by atoms with E-state index in [9.17, 15) is 9.18 Å². The topological polar surface area (TPSA) is 66.0 Å². The summed E-state index contributed by atoms with van der Waals surface area (Å²) in [5.74, 6) is 0.893. The molecule has 1 atom stereocenters. The Morgan fingerprint density at radius 3 is 2.04 bits per heavy atom. The van der Waals surface area contributed by atoms with Gasteiger partial charge < -0.3 is 24.3 Å². The van der Waals surface area contributed by atoms with Gasteiger partial charge in [0.2, 0.25) is 11.7 Å². The fourth-order valence-electron chi connectivity index (χ4n) is 2.75. The van der Waals surface area contributed by atoms with Crippen molar-refractivity contribution in [2.24, 2.45) is 0 Å². The highest BCUT2D eigenvalue weighted by molar-refractivity contribution is 5.79. The minimum atomic E-state index is -0.472. The monoisotopic (exact) mass is 377 g/mol. The lowest BCUT2D eigenvalue weighted by molar-refractivity contribution is -0.121. The average Bonchev–Trinajstić information content (AvgIpc) is 2.66. The number of amides is 1. The van der Waals surface area contributed by atoms with E-state index in [0.29, 0.717) is 28.4 Å². The smallest absolute Gasteiger partial charge is 0.224 e. The number of rotatable bonds is 8. The van der Waals surface area contributed by atoms with Crippen molar-refractivity contribution in [1.29, 1.82) is 0 Å². The molecule has 0 spiro atoms. The maximum atomic E-state index is 13.9. The largest absolute Gasteiger partial charge is 0.494 e. The molecular weight excluding hydrogens is 353 g/mol. The summed E-state index contributed by atoms with van der Waals surface area (Å²) >= 11 is 0. The summed E-state index contributed by atoms with van der Waals surface area (Å²) in [5.41, 5.74) is 1.35. The summed E-state index contributed by atoms with van der Waals surface area (Å²) in [7, 11) is 5.95. The molecule has 146 valence electrons. The first-order chi connectivity index (χ1) is 12.9. The van der Waals surface area contributed by atoms with Crippen LogP contribution in [0.5, 0.6) is 23.0 Å². The Kier molecular flexibility index (Phi) is 6.87. The van der Waals surface area contributed by atoms with Gasteiger partial charge in [-0.05, 0) is 42.3 Å². The Morgan fingerprint density at radius 1 is 0.963 bits per heavy atom. The third-order valence-electron chi connectivity index (χ3n) is 4.14. The molecule has 0 saturated heterocycles. The molecule has 1 amide bonds. The molecule has 27 heavy (non-hydrogen) atoms. The van der Waals surface area contributed by atoms with Gasteiger partial charge in [-0.1, -0.05) is 6.07 Å². The second-order valence-electron chi connectivity index (χ2n) is 5.89. The molecule has 6 nitrogen and oxygen atoms in total. The third kappa shape index (κ3) is 4.81. The lowest BCUT2D eigenvalue weighted by Crippen LogP contribution is -2.28. The van der Waals surface area contributed by atoms with E-state index in [-0.39, 0.29) is 24.1 Å². The van der Waals surface area contributed by atoms with E-state index in [0.717, 1.165) is 0 Å². The quantitative estimate of drug-likeness (QED) is 0.765. The van der Waals surface area contributed by atoms with Crippen LogP contribution >= 0.6 is 0 Å². The predicted octanol–water partition coefficient (Wildman–Crippen LogP) is 3.28. The Bertz CT molecular complexity index is 784. The highest BCUT2D eigenvalue weighted by Gasteiger charge is 2.17. The van der Waals surface area contributed by atoms with Gasteiger partial charge in [-0.25, -0.2) is 4.39 Å². The normalized spacial score (nSPS) is 11.5. The fraction of sp³-hybridized carbons (Fsp3) is 0.350. The minimum Gasteiger partial charge on any atom is -0.494 e. The molecule has 0 saturated carbocycles. The maximum absolute atomic E-state index is 13.9. The van der Waals surface area contributed by atoms with Crippen molar-refractivity contribution in [3.8, 4) is 23.0 Å². The first-order valence-corrected chi connectivity index (χ1v) is 8.35. The molecule has 0 bridgehead atoms. The van der Waals surface area contributed by atoms with Crippen LogP contribution in [0.4, 0.5) is 4.39 Å². The van der Waals surface area contributed by atoms with E-state index < -0.39 is 5.82 Å². The Hall–Kier alpha value is -2.96. The van der Waals surface area contributed by atoms with Gasteiger partial charge in [0.15, 0.2) is 23.1 Å². The number of hydrogen-bond acceptors (Lipinski definition) is 5. The summed E-state index contributed by atoms with van der Waals surface area (Å²) in [6.07, 6.45) is 0.111. The molecule has 0 aliphatic rings. The lowest BCUT2D eigenvalue weighted by atomic mass is 10.1. The van der Waals surface area contributed by atoms with Gasteiger partial charge in [-0.2, -0.15) is 0 Å². The molecule has 1 N–H and O–H groups in total. The maximum Gasteiger partial charge on any atom is 0.224 e. The SMILES string of the molecule is COc1ccc([C@H](C)NC(=O)Cc2cc(OC)c(OC)c(OC)c2)cc1F. The molecule has 0 unspecified atom stereocenters. The first kappa shape index (κ1) is 20.4. The van der Waals surface area contributed by atoms with Crippen molar-refractivity contribution >= 4 is 5.91 Å². The van der Waals surface area contributed by atoms with Crippen LogP contribution in [-0.2, 0) is 11.2 Å². The minimum absolute atomic E-state index is 0.111. The van der Waals surface area contributed by atoms with Crippen LogP contribution in [0.25, 0.3) is 0 Å². The van der Waals surface area contributed by atoms with Gasteiger partial charge in [-0.15, -0.1) is 0 Å². The molecule has 0 aromatic heterocycles. The molecule has 2 rings (SSSR count). The van der Waals surface area contributed by atoms with E-state index in [1.807, 2.05) is 0 Å². The molecular formula is C20H24FNO5. The number of nitrogens with one attached hydrogen (secondary N) is 1. The highest BCUT2D eigenvalue weighted by Crippen LogP contribution is 2.38. The van der Waals surface area contributed by atoms with Crippen molar-refractivity contribution in [2.75, 3.05) is 28.4 Å². The second kappa shape index (κ2) is 9.12. The van der Waals surface area contributed by atoms with Crippen molar-refractivity contribution in [2.45, 2.75) is 19.4 Å². The van der Waals surface area contributed by atoms with Crippen molar-refractivity contribution in [3.63, 3.8) is 0 Å². The second-order valence-corrected chi connectivity index (χ2v) is 5.89. The van der Waals surface area contributed by atoms with Gasteiger partial charge >= 0.3 is 0 Å². The van der Waals surface area contributed by atoms with E-state index in [1.165, 1.54) is 40.6 Å². The van der Waals surface area contributed by atoms with Crippen LogP contribution < -0.4 is 24.3 Å². The zero-order chi connectivity index (χ0) is 20.0. The molecule has 0 aliphatic carbocycles. The molecule has 0 heterocycles. The molecule has 0 radical (unpaired) electrons. The Morgan fingerprint density at radius 2 is 1.56 bits per heavy atom. The number of methoxy groups -OCH3 is 4. The van der Waals surface area contributed by atoms with Gasteiger partial charge in [0, 0.05) is 0 Å². The fourth-order valence-corrected chi connectivity index (χ4v) is 2.75. The molecule has 2 aromatic carbocycles. The van der Waals surface area contributed by atoms with Crippen LogP contribution in [0.2, 0.25) is 0 Å². The molecule has 0 fully saturated rings. The number of carbonyl (C=O) groups is 1. The predicted molar refractivity (Wildman–Crippen MR) is 99.3 cm³/mol. The molecule has 0 aliphatic heterocycles. The zero-order valence-corrected chi connectivity index (χ0v) is 16.1. The standard InChI is InChI=1S/C20H24FNO5/c1-12(14-6-7-16(24-2)15(21)11-14)22-19(23)10-13-8-17(25-3)20(27-5)18(9-13)26-4/h6-9,11-12H,10H2,1-5H3,(H,22,23)/t12-/m0/s1. The number of benzene rings is 2. The van der Waals surface area contributed by atoms with Gasteiger partial charge in [0.05, 0.1) is 40.9 Å². The lowest BCUT2D eigenvalue weighted by Gasteiger charge is -2.17. The van der Waals surface area contributed by atoms with Crippen molar-refractivity contribution in [3.05, 3.63) is 47.3 Å². The first-order valence-electron chi connectivity index (χ1n) is 8.35.